The Labute approximate surface area is 128 Å². The van der Waals surface area contributed by atoms with Gasteiger partial charge in [0.15, 0.2) is 0 Å². The van der Waals surface area contributed by atoms with Gasteiger partial charge in [0.05, 0.1) is 14.2 Å². The molecule has 0 aliphatic rings. The van der Waals surface area contributed by atoms with Gasteiger partial charge in [0.1, 0.15) is 11.5 Å². The number of amides is 1. The Morgan fingerprint density at radius 1 is 1.10 bits per heavy atom. The number of nitrogens with one attached hydrogen (secondary N) is 1. The van der Waals surface area contributed by atoms with Crippen molar-refractivity contribution in [1.82, 2.24) is 0 Å². The predicted octanol–water partition coefficient (Wildman–Crippen LogP) is 3.92. The zero-order chi connectivity index (χ0) is 15.4. The van der Waals surface area contributed by atoms with Gasteiger partial charge < -0.3 is 14.8 Å². The average molecular weight is 306 g/mol. The highest BCUT2D eigenvalue weighted by Gasteiger charge is 2.12. The first-order valence-corrected chi connectivity index (χ1v) is 6.72. The molecule has 2 rings (SSSR count). The third-order valence-electron chi connectivity index (χ3n) is 3.13. The van der Waals surface area contributed by atoms with Crippen LogP contribution in [0.25, 0.3) is 0 Å². The van der Waals surface area contributed by atoms with E-state index in [1.54, 1.807) is 36.4 Å². The summed E-state index contributed by atoms with van der Waals surface area (Å²) in [5.41, 5.74) is 1.95. The molecule has 5 heteroatoms. The number of anilines is 1. The van der Waals surface area contributed by atoms with Crippen LogP contribution in [-0.4, -0.2) is 20.1 Å². The topological polar surface area (TPSA) is 47.6 Å². The SMILES string of the molecule is COc1cc(OC)cc(C(=O)Nc2cccc(Cl)c2C)c1. The van der Waals surface area contributed by atoms with E-state index in [2.05, 4.69) is 5.32 Å². The largest absolute Gasteiger partial charge is 0.497 e. The molecule has 0 aliphatic carbocycles. The van der Waals surface area contributed by atoms with Crippen molar-refractivity contribution in [3.8, 4) is 11.5 Å². The molecule has 0 aromatic heterocycles. The summed E-state index contributed by atoms with van der Waals surface area (Å²) in [5.74, 6) is 0.863. The number of halogens is 1. The maximum atomic E-state index is 12.3. The second-order valence-corrected chi connectivity index (χ2v) is 4.88. The molecule has 2 aromatic carbocycles. The summed E-state index contributed by atoms with van der Waals surface area (Å²) in [5, 5.41) is 3.44. The summed E-state index contributed by atoms with van der Waals surface area (Å²) in [6, 6.07) is 10.4. The molecule has 0 unspecified atom stereocenters. The van der Waals surface area contributed by atoms with Crippen molar-refractivity contribution in [2.75, 3.05) is 19.5 Å². The first-order valence-electron chi connectivity index (χ1n) is 6.34. The second kappa shape index (κ2) is 6.50. The number of rotatable bonds is 4. The van der Waals surface area contributed by atoms with Crippen molar-refractivity contribution < 1.29 is 14.3 Å². The van der Waals surface area contributed by atoms with Gasteiger partial charge in [0, 0.05) is 22.3 Å². The summed E-state index contributed by atoms with van der Waals surface area (Å²) in [6.07, 6.45) is 0. The van der Waals surface area contributed by atoms with E-state index < -0.39 is 0 Å². The van der Waals surface area contributed by atoms with Gasteiger partial charge in [0.25, 0.3) is 5.91 Å². The quantitative estimate of drug-likeness (QED) is 0.931. The number of hydrogen-bond acceptors (Lipinski definition) is 3. The minimum absolute atomic E-state index is 0.252. The molecule has 0 fully saturated rings. The van der Waals surface area contributed by atoms with Gasteiger partial charge in [-0.3, -0.25) is 4.79 Å². The molecule has 0 saturated carbocycles. The minimum atomic E-state index is -0.252. The number of carbonyl (C=O) groups excluding carboxylic acids is 1. The van der Waals surface area contributed by atoms with E-state index in [1.807, 2.05) is 6.92 Å². The smallest absolute Gasteiger partial charge is 0.255 e. The lowest BCUT2D eigenvalue weighted by Crippen LogP contribution is -2.13. The maximum absolute atomic E-state index is 12.3. The van der Waals surface area contributed by atoms with Gasteiger partial charge in [-0.25, -0.2) is 0 Å². The average Bonchev–Trinajstić information content (AvgIpc) is 2.51. The molecular weight excluding hydrogens is 290 g/mol. The van der Waals surface area contributed by atoms with Gasteiger partial charge in [-0.2, -0.15) is 0 Å². The Kier molecular flexibility index (Phi) is 4.70. The zero-order valence-corrected chi connectivity index (χ0v) is 12.8. The Hall–Kier alpha value is -2.20. The number of methoxy groups -OCH3 is 2. The zero-order valence-electron chi connectivity index (χ0n) is 12.1. The molecule has 1 amide bonds. The van der Waals surface area contributed by atoms with Crippen LogP contribution in [0.5, 0.6) is 11.5 Å². The van der Waals surface area contributed by atoms with E-state index in [4.69, 9.17) is 21.1 Å². The third-order valence-corrected chi connectivity index (χ3v) is 3.54. The maximum Gasteiger partial charge on any atom is 0.255 e. The van der Waals surface area contributed by atoms with Crippen LogP contribution in [0.15, 0.2) is 36.4 Å². The molecule has 21 heavy (non-hydrogen) atoms. The second-order valence-electron chi connectivity index (χ2n) is 4.47. The van der Waals surface area contributed by atoms with Crippen LogP contribution in [0, 0.1) is 6.92 Å². The van der Waals surface area contributed by atoms with Crippen molar-refractivity contribution >= 4 is 23.2 Å². The number of benzene rings is 2. The van der Waals surface area contributed by atoms with Crippen molar-refractivity contribution in [3.05, 3.63) is 52.5 Å². The van der Waals surface area contributed by atoms with Crippen molar-refractivity contribution in [2.45, 2.75) is 6.92 Å². The predicted molar refractivity (Wildman–Crippen MR) is 83.7 cm³/mol. The summed E-state index contributed by atoms with van der Waals surface area (Å²) in [6.45, 7) is 1.85. The third kappa shape index (κ3) is 3.47. The van der Waals surface area contributed by atoms with E-state index in [0.717, 1.165) is 5.56 Å². The van der Waals surface area contributed by atoms with E-state index in [0.29, 0.717) is 27.8 Å². The molecule has 4 nitrogen and oxygen atoms in total. The van der Waals surface area contributed by atoms with Gasteiger partial charge in [-0.1, -0.05) is 17.7 Å². The van der Waals surface area contributed by atoms with Gasteiger partial charge >= 0.3 is 0 Å². The number of ether oxygens (including phenoxy) is 2. The summed E-state index contributed by atoms with van der Waals surface area (Å²) >= 11 is 6.05. The first-order chi connectivity index (χ1) is 10.0. The lowest BCUT2D eigenvalue weighted by molar-refractivity contribution is 0.102. The molecule has 0 aliphatic heterocycles. The standard InChI is InChI=1S/C16H16ClNO3/c1-10-14(17)5-4-6-15(10)18-16(19)11-7-12(20-2)9-13(8-11)21-3/h4-9H,1-3H3,(H,18,19). The van der Waals surface area contributed by atoms with Crippen LogP contribution in [0.2, 0.25) is 5.02 Å². The fraction of sp³-hybridized carbons (Fsp3) is 0.188. The summed E-state index contributed by atoms with van der Waals surface area (Å²) in [4.78, 5) is 12.3. The summed E-state index contributed by atoms with van der Waals surface area (Å²) < 4.78 is 10.3. The fourth-order valence-corrected chi connectivity index (χ4v) is 2.05. The fourth-order valence-electron chi connectivity index (χ4n) is 1.88. The van der Waals surface area contributed by atoms with E-state index in [-0.39, 0.29) is 5.91 Å². The minimum Gasteiger partial charge on any atom is -0.497 e. The van der Waals surface area contributed by atoms with Gasteiger partial charge in [-0.15, -0.1) is 0 Å². The van der Waals surface area contributed by atoms with Crippen LogP contribution < -0.4 is 14.8 Å². The normalized spacial score (nSPS) is 10.1. The highest BCUT2D eigenvalue weighted by molar-refractivity contribution is 6.31. The van der Waals surface area contributed by atoms with Crippen LogP contribution in [-0.2, 0) is 0 Å². The van der Waals surface area contributed by atoms with Gasteiger partial charge in [0.2, 0.25) is 0 Å². The molecule has 110 valence electrons. The first kappa shape index (κ1) is 15.2. The molecule has 0 atom stereocenters. The molecular formula is C16H16ClNO3. The van der Waals surface area contributed by atoms with Crippen molar-refractivity contribution in [2.24, 2.45) is 0 Å². The molecule has 0 radical (unpaired) electrons. The van der Waals surface area contributed by atoms with Crippen LogP contribution in [0.1, 0.15) is 15.9 Å². The van der Waals surface area contributed by atoms with Crippen LogP contribution in [0.4, 0.5) is 5.69 Å². The molecule has 0 heterocycles. The summed E-state index contributed by atoms with van der Waals surface area (Å²) in [7, 11) is 3.08. The lowest BCUT2D eigenvalue weighted by atomic mass is 10.1. The van der Waals surface area contributed by atoms with E-state index in [9.17, 15) is 4.79 Å². The van der Waals surface area contributed by atoms with Crippen LogP contribution in [0.3, 0.4) is 0 Å². The monoisotopic (exact) mass is 305 g/mol. The van der Waals surface area contributed by atoms with Crippen LogP contribution >= 0.6 is 11.6 Å². The van der Waals surface area contributed by atoms with Crippen molar-refractivity contribution in [3.63, 3.8) is 0 Å². The Morgan fingerprint density at radius 2 is 1.71 bits per heavy atom. The molecule has 1 N–H and O–H groups in total. The molecule has 0 bridgehead atoms. The highest BCUT2D eigenvalue weighted by Crippen LogP contribution is 2.26. The highest BCUT2D eigenvalue weighted by atomic mass is 35.5. The number of hydrogen-bond donors (Lipinski definition) is 1. The molecule has 0 spiro atoms. The number of carbonyl (C=O) groups is 1. The Balaban J connectivity index is 2.30. The van der Waals surface area contributed by atoms with E-state index >= 15 is 0 Å². The van der Waals surface area contributed by atoms with E-state index in [1.165, 1.54) is 14.2 Å². The van der Waals surface area contributed by atoms with Crippen molar-refractivity contribution in [1.29, 1.82) is 0 Å². The Bertz CT molecular complexity index is 648. The Morgan fingerprint density at radius 3 is 2.29 bits per heavy atom. The lowest BCUT2D eigenvalue weighted by Gasteiger charge is -2.11. The molecule has 2 aromatic rings. The van der Waals surface area contributed by atoms with Gasteiger partial charge in [-0.05, 0) is 36.8 Å². The molecule has 0 saturated heterocycles.